The second-order valence-corrected chi connectivity index (χ2v) is 15.4. The molecule has 0 aromatic rings. The van der Waals surface area contributed by atoms with Crippen LogP contribution in [0.4, 0.5) is 0 Å². The van der Waals surface area contributed by atoms with Crippen LogP contribution in [-0.4, -0.2) is 70.7 Å². The first-order valence-electron chi connectivity index (χ1n) is 18.8. The first-order valence-corrected chi connectivity index (χ1v) is 20.2. The van der Waals surface area contributed by atoms with Crippen LogP contribution in [0.3, 0.4) is 0 Å². The molecule has 45 heavy (non-hydrogen) atoms. The molecule has 0 fully saturated rings. The van der Waals surface area contributed by atoms with Gasteiger partial charge in [0.05, 0.1) is 34.4 Å². The summed E-state index contributed by atoms with van der Waals surface area (Å²) >= 11 is 0. The number of quaternary nitrogens is 1. The maximum atomic E-state index is 12.6. The third kappa shape index (κ3) is 34.6. The van der Waals surface area contributed by atoms with E-state index in [1.165, 1.54) is 116 Å². The number of likely N-dealkylation sites (N-methyl/N-ethyl adjacent to an activating group) is 1. The Bertz CT molecular complexity index is 701. The molecule has 0 spiro atoms. The van der Waals surface area contributed by atoms with Crippen LogP contribution in [0.15, 0.2) is 0 Å². The van der Waals surface area contributed by atoms with E-state index in [4.69, 9.17) is 18.5 Å². The molecule has 8 nitrogen and oxygen atoms in total. The average Bonchev–Trinajstić information content (AvgIpc) is 2.98. The van der Waals surface area contributed by atoms with Crippen LogP contribution >= 0.6 is 7.82 Å². The average molecular weight is 664 g/mol. The third-order valence-electron chi connectivity index (χ3n) is 8.16. The number of hydrogen-bond donors (Lipinski definition) is 0. The summed E-state index contributed by atoms with van der Waals surface area (Å²) in [6.45, 7) is 5.42. The summed E-state index contributed by atoms with van der Waals surface area (Å²) in [5.41, 5.74) is 0. The number of rotatable bonds is 35. The van der Waals surface area contributed by atoms with E-state index in [1.54, 1.807) is 0 Å². The summed E-state index contributed by atoms with van der Waals surface area (Å²) in [7, 11) is 1.37. The number of nitrogens with zero attached hydrogens (tertiary/aromatic N) is 1. The largest absolute Gasteiger partial charge is 0.756 e. The smallest absolute Gasteiger partial charge is 0.306 e. The van der Waals surface area contributed by atoms with Gasteiger partial charge in [0.1, 0.15) is 19.3 Å². The zero-order valence-corrected chi connectivity index (χ0v) is 31.2. The van der Waals surface area contributed by atoms with Gasteiger partial charge in [-0.1, -0.05) is 149 Å². The van der Waals surface area contributed by atoms with Crippen LogP contribution < -0.4 is 4.89 Å². The molecule has 2 unspecified atom stereocenters. The second kappa shape index (κ2) is 30.8. The normalized spacial score (nSPS) is 14.0. The van der Waals surface area contributed by atoms with Crippen molar-refractivity contribution in [1.82, 2.24) is 0 Å². The van der Waals surface area contributed by atoms with E-state index in [-0.39, 0.29) is 25.8 Å². The van der Waals surface area contributed by atoms with Gasteiger partial charge in [-0.3, -0.25) is 9.36 Å². The van der Waals surface area contributed by atoms with Crippen molar-refractivity contribution in [1.29, 1.82) is 0 Å². The van der Waals surface area contributed by atoms with Gasteiger partial charge in [0.15, 0.2) is 0 Å². The standard InChI is InChI=1S/C36H74NO7P/c1-6-8-10-12-14-16-18-20-22-24-26-28-31-41-33-35(34-43-45(39,40)42-32-30-37(3,4)5)44-36(38)29-27-25-23-21-19-17-15-13-11-9-7-2/h35H,6-34H2,1-5H3. The molecule has 0 aromatic heterocycles. The SMILES string of the molecule is CCCCCCCCCCCCCCOCC(COP(=O)([O-])OCC[N+](C)(C)C)OC(=O)CCCCCCCCCCCCC. The van der Waals surface area contributed by atoms with E-state index in [0.717, 1.165) is 32.1 Å². The summed E-state index contributed by atoms with van der Waals surface area (Å²) in [5, 5.41) is 0. The molecule has 0 rings (SSSR count). The van der Waals surface area contributed by atoms with E-state index in [9.17, 15) is 14.3 Å². The van der Waals surface area contributed by atoms with Gasteiger partial charge in [-0.25, -0.2) is 0 Å². The van der Waals surface area contributed by atoms with Gasteiger partial charge in [-0.05, 0) is 12.8 Å². The van der Waals surface area contributed by atoms with Crippen molar-refractivity contribution < 1.29 is 37.3 Å². The molecule has 9 heteroatoms. The van der Waals surface area contributed by atoms with Crippen molar-refractivity contribution in [2.24, 2.45) is 0 Å². The minimum absolute atomic E-state index is 0.0308. The highest BCUT2D eigenvalue weighted by Crippen LogP contribution is 2.38. The number of unbranched alkanes of at least 4 members (excludes halogenated alkanes) is 21. The van der Waals surface area contributed by atoms with Crippen molar-refractivity contribution in [3.05, 3.63) is 0 Å². The van der Waals surface area contributed by atoms with Gasteiger partial charge in [0.25, 0.3) is 7.82 Å². The van der Waals surface area contributed by atoms with Gasteiger partial charge in [-0.2, -0.15) is 0 Å². The van der Waals surface area contributed by atoms with Gasteiger partial charge >= 0.3 is 5.97 Å². The molecule has 0 aliphatic rings. The minimum Gasteiger partial charge on any atom is -0.756 e. The highest BCUT2D eigenvalue weighted by Gasteiger charge is 2.20. The Morgan fingerprint density at radius 2 is 1.02 bits per heavy atom. The number of hydrogen-bond acceptors (Lipinski definition) is 7. The van der Waals surface area contributed by atoms with Crippen molar-refractivity contribution in [2.75, 3.05) is 54.1 Å². The third-order valence-corrected chi connectivity index (χ3v) is 9.12. The van der Waals surface area contributed by atoms with E-state index in [2.05, 4.69) is 13.8 Å². The molecule has 270 valence electrons. The molecule has 0 saturated carbocycles. The lowest BCUT2D eigenvalue weighted by Gasteiger charge is -2.28. The molecule has 0 radical (unpaired) electrons. The molecule has 0 aliphatic carbocycles. The maximum absolute atomic E-state index is 12.6. The van der Waals surface area contributed by atoms with Crippen molar-refractivity contribution in [3.63, 3.8) is 0 Å². The Kier molecular flexibility index (Phi) is 30.5. The highest BCUT2D eigenvalue weighted by molar-refractivity contribution is 7.45. The molecule has 0 aromatic carbocycles. The zero-order chi connectivity index (χ0) is 33.5. The molecule has 0 aliphatic heterocycles. The minimum atomic E-state index is -4.50. The lowest BCUT2D eigenvalue weighted by molar-refractivity contribution is -0.870. The van der Waals surface area contributed by atoms with Crippen LogP contribution in [0.25, 0.3) is 0 Å². The number of phosphoric ester groups is 1. The molecular formula is C36H74NO7P. The van der Waals surface area contributed by atoms with Crippen molar-refractivity contribution >= 4 is 13.8 Å². The maximum Gasteiger partial charge on any atom is 0.306 e. The van der Waals surface area contributed by atoms with E-state index in [0.29, 0.717) is 24.1 Å². The lowest BCUT2D eigenvalue weighted by atomic mass is 10.1. The Balaban J connectivity index is 4.29. The van der Waals surface area contributed by atoms with E-state index >= 15 is 0 Å². The Morgan fingerprint density at radius 1 is 0.600 bits per heavy atom. The quantitative estimate of drug-likeness (QED) is 0.0288. The highest BCUT2D eigenvalue weighted by atomic mass is 31.2. The fourth-order valence-corrected chi connectivity index (χ4v) is 5.92. The number of phosphoric acid groups is 1. The van der Waals surface area contributed by atoms with E-state index < -0.39 is 13.9 Å². The Hall–Kier alpha value is -0.500. The summed E-state index contributed by atoms with van der Waals surface area (Å²) in [6, 6.07) is 0. The van der Waals surface area contributed by atoms with Crippen molar-refractivity contribution in [3.8, 4) is 0 Å². The molecule has 0 saturated heterocycles. The summed E-state index contributed by atoms with van der Waals surface area (Å²) < 4.78 is 34.4. The van der Waals surface area contributed by atoms with Crippen molar-refractivity contribution in [2.45, 2.75) is 174 Å². The summed E-state index contributed by atoms with van der Waals surface area (Å²) in [6.07, 6.45) is 28.1. The topological polar surface area (TPSA) is 94.1 Å². The second-order valence-electron chi connectivity index (χ2n) is 14.0. The predicted molar refractivity (Wildman–Crippen MR) is 185 cm³/mol. The van der Waals surface area contributed by atoms with Crippen LogP contribution in [0.5, 0.6) is 0 Å². The summed E-state index contributed by atoms with van der Waals surface area (Å²) in [4.78, 5) is 24.8. The Morgan fingerprint density at radius 3 is 1.47 bits per heavy atom. The predicted octanol–water partition coefficient (Wildman–Crippen LogP) is 9.52. The zero-order valence-electron chi connectivity index (χ0n) is 30.3. The van der Waals surface area contributed by atoms with Crippen LogP contribution in [0, 0.1) is 0 Å². The van der Waals surface area contributed by atoms with Crippen LogP contribution in [0.2, 0.25) is 0 Å². The molecule has 0 N–H and O–H groups in total. The number of carbonyl (C=O) groups is 1. The first-order chi connectivity index (χ1) is 21.6. The molecule has 0 heterocycles. The van der Waals surface area contributed by atoms with E-state index in [1.807, 2.05) is 21.1 Å². The molecule has 0 bridgehead atoms. The van der Waals surface area contributed by atoms with Gasteiger partial charge < -0.3 is 27.9 Å². The van der Waals surface area contributed by atoms with Crippen LogP contribution in [-0.2, 0) is 27.9 Å². The first kappa shape index (κ1) is 44.5. The van der Waals surface area contributed by atoms with Gasteiger partial charge in [0.2, 0.25) is 0 Å². The van der Waals surface area contributed by atoms with Crippen LogP contribution in [0.1, 0.15) is 168 Å². The monoisotopic (exact) mass is 664 g/mol. The van der Waals surface area contributed by atoms with Gasteiger partial charge in [0, 0.05) is 13.0 Å². The number of esters is 1. The Labute approximate surface area is 278 Å². The fraction of sp³-hybridized carbons (Fsp3) is 0.972. The molecule has 0 amide bonds. The molecule has 2 atom stereocenters. The molecular weight excluding hydrogens is 589 g/mol. The fourth-order valence-electron chi connectivity index (χ4n) is 5.19. The summed E-state index contributed by atoms with van der Waals surface area (Å²) in [5.74, 6) is -0.333. The lowest BCUT2D eigenvalue weighted by Crippen LogP contribution is -2.37. The number of ether oxygens (including phenoxy) is 2. The van der Waals surface area contributed by atoms with Gasteiger partial charge in [-0.15, -0.1) is 0 Å². The number of carbonyl (C=O) groups excluding carboxylic acids is 1.